The second-order valence-electron chi connectivity index (χ2n) is 3.52. The predicted molar refractivity (Wildman–Crippen MR) is 65.2 cm³/mol. The van der Waals surface area contributed by atoms with Gasteiger partial charge in [0.2, 0.25) is 0 Å². The third-order valence-electron chi connectivity index (χ3n) is 2.50. The number of hydrogen-bond donors (Lipinski definition) is 0. The summed E-state index contributed by atoms with van der Waals surface area (Å²) in [5.74, 6) is 0. The van der Waals surface area contributed by atoms with Crippen LogP contribution in [0.15, 0.2) is 35.2 Å². The van der Waals surface area contributed by atoms with Gasteiger partial charge in [-0.3, -0.25) is 4.68 Å². The monoisotopic (exact) mass is 218 g/mol. The Morgan fingerprint density at radius 2 is 1.87 bits per heavy atom. The van der Waals surface area contributed by atoms with Crippen molar-refractivity contribution < 1.29 is 0 Å². The summed E-state index contributed by atoms with van der Waals surface area (Å²) in [5.41, 5.74) is 3.40. The van der Waals surface area contributed by atoms with Crippen LogP contribution in [-0.4, -0.2) is 16.0 Å². The number of nitrogens with zero attached hydrogens (tertiary/aromatic N) is 2. The summed E-state index contributed by atoms with van der Waals surface area (Å²) < 4.78 is 1.90. The van der Waals surface area contributed by atoms with Gasteiger partial charge in [-0.25, -0.2) is 0 Å². The molecule has 2 aromatic rings. The molecule has 0 bridgehead atoms. The van der Waals surface area contributed by atoms with E-state index in [1.54, 1.807) is 11.8 Å². The van der Waals surface area contributed by atoms with Crippen molar-refractivity contribution in [1.29, 1.82) is 0 Å². The standard InChI is InChI=1S/C12H14N2S/c1-9-8-12(13-14(9)2)10-4-6-11(15-3)7-5-10/h4-8H,1-3H3. The highest BCUT2D eigenvalue weighted by atomic mass is 32.2. The zero-order valence-corrected chi connectivity index (χ0v) is 10.0. The number of rotatable bonds is 2. The summed E-state index contributed by atoms with van der Waals surface area (Å²) in [5, 5.41) is 4.45. The maximum atomic E-state index is 4.45. The van der Waals surface area contributed by atoms with Gasteiger partial charge in [-0.1, -0.05) is 12.1 Å². The van der Waals surface area contributed by atoms with Crippen LogP contribution in [0.3, 0.4) is 0 Å². The third-order valence-corrected chi connectivity index (χ3v) is 3.24. The number of aromatic nitrogens is 2. The molecule has 78 valence electrons. The van der Waals surface area contributed by atoms with Crippen LogP contribution in [0.5, 0.6) is 0 Å². The summed E-state index contributed by atoms with van der Waals surface area (Å²) in [6.45, 7) is 2.06. The highest BCUT2D eigenvalue weighted by Gasteiger charge is 2.03. The van der Waals surface area contributed by atoms with Gasteiger partial charge in [0.05, 0.1) is 5.69 Å². The van der Waals surface area contributed by atoms with Crippen molar-refractivity contribution in [3.63, 3.8) is 0 Å². The lowest BCUT2D eigenvalue weighted by atomic mass is 10.1. The van der Waals surface area contributed by atoms with Gasteiger partial charge in [-0.05, 0) is 31.4 Å². The average molecular weight is 218 g/mol. The number of hydrogen-bond acceptors (Lipinski definition) is 2. The first-order chi connectivity index (χ1) is 7.20. The lowest BCUT2D eigenvalue weighted by molar-refractivity contribution is 0.743. The molecule has 0 radical (unpaired) electrons. The van der Waals surface area contributed by atoms with Gasteiger partial charge < -0.3 is 0 Å². The largest absolute Gasteiger partial charge is 0.272 e. The van der Waals surface area contributed by atoms with E-state index in [2.05, 4.69) is 48.6 Å². The van der Waals surface area contributed by atoms with Gasteiger partial charge in [0.25, 0.3) is 0 Å². The third kappa shape index (κ3) is 2.07. The van der Waals surface area contributed by atoms with E-state index >= 15 is 0 Å². The summed E-state index contributed by atoms with van der Waals surface area (Å²) >= 11 is 1.76. The van der Waals surface area contributed by atoms with E-state index < -0.39 is 0 Å². The molecule has 0 amide bonds. The average Bonchev–Trinajstić information content (AvgIpc) is 2.59. The zero-order chi connectivity index (χ0) is 10.8. The SMILES string of the molecule is CSc1ccc(-c2cc(C)n(C)n2)cc1. The summed E-state index contributed by atoms with van der Waals surface area (Å²) in [7, 11) is 1.97. The van der Waals surface area contributed by atoms with Gasteiger partial charge in [-0.15, -0.1) is 11.8 Å². The van der Waals surface area contributed by atoms with Crippen LogP contribution in [0.1, 0.15) is 5.69 Å². The van der Waals surface area contributed by atoms with Crippen LogP contribution in [0.25, 0.3) is 11.3 Å². The van der Waals surface area contributed by atoms with Crippen molar-refractivity contribution in [3.05, 3.63) is 36.0 Å². The minimum absolute atomic E-state index is 1.04. The normalized spacial score (nSPS) is 10.6. The molecule has 2 rings (SSSR count). The first-order valence-electron chi connectivity index (χ1n) is 4.86. The molecule has 0 saturated heterocycles. The minimum Gasteiger partial charge on any atom is -0.272 e. The summed E-state index contributed by atoms with van der Waals surface area (Å²) in [6.07, 6.45) is 2.08. The first kappa shape index (κ1) is 10.3. The first-order valence-corrected chi connectivity index (χ1v) is 6.08. The molecular formula is C12H14N2S. The van der Waals surface area contributed by atoms with Crippen LogP contribution in [0.2, 0.25) is 0 Å². The lowest BCUT2D eigenvalue weighted by Gasteiger charge is -1.98. The summed E-state index contributed by atoms with van der Waals surface area (Å²) in [4.78, 5) is 1.28. The fraction of sp³-hybridized carbons (Fsp3) is 0.250. The second-order valence-corrected chi connectivity index (χ2v) is 4.40. The van der Waals surface area contributed by atoms with E-state index in [9.17, 15) is 0 Å². The molecular weight excluding hydrogens is 204 g/mol. The van der Waals surface area contributed by atoms with Gasteiger partial charge in [-0.2, -0.15) is 5.10 Å². The molecule has 1 aromatic heterocycles. The van der Waals surface area contributed by atoms with Crippen molar-refractivity contribution in [2.24, 2.45) is 7.05 Å². The molecule has 0 spiro atoms. The van der Waals surface area contributed by atoms with Gasteiger partial charge in [0, 0.05) is 23.2 Å². The molecule has 2 nitrogen and oxygen atoms in total. The minimum atomic E-state index is 1.04. The van der Waals surface area contributed by atoms with Gasteiger partial charge in [0.1, 0.15) is 0 Å². The number of aryl methyl sites for hydroxylation is 2. The Hall–Kier alpha value is -1.22. The molecule has 0 atom stereocenters. The van der Waals surface area contributed by atoms with Crippen molar-refractivity contribution in [2.45, 2.75) is 11.8 Å². The number of benzene rings is 1. The van der Waals surface area contributed by atoms with Crippen molar-refractivity contribution in [2.75, 3.05) is 6.26 Å². The molecule has 0 aliphatic carbocycles. The van der Waals surface area contributed by atoms with Crippen LogP contribution in [-0.2, 0) is 7.05 Å². The van der Waals surface area contributed by atoms with Crippen LogP contribution < -0.4 is 0 Å². The Morgan fingerprint density at radius 1 is 1.20 bits per heavy atom. The van der Waals surface area contributed by atoms with E-state index in [-0.39, 0.29) is 0 Å². The van der Waals surface area contributed by atoms with Crippen molar-refractivity contribution in [3.8, 4) is 11.3 Å². The fourth-order valence-electron chi connectivity index (χ4n) is 1.46. The molecule has 0 aliphatic heterocycles. The van der Waals surface area contributed by atoms with Gasteiger partial charge in [0.15, 0.2) is 0 Å². The van der Waals surface area contributed by atoms with Crippen LogP contribution in [0, 0.1) is 6.92 Å². The van der Waals surface area contributed by atoms with E-state index in [0.29, 0.717) is 0 Å². The molecule has 1 heterocycles. The van der Waals surface area contributed by atoms with Crippen LogP contribution >= 0.6 is 11.8 Å². The van der Waals surface area contributed by atoms with Gasteiger partial charge >= 0.3 is 0 Å². The smallest absolute Gasteiger partial charge is 0.0925 e. The molecule has 0 aliphatic rings. The maximum Gasteiger partial charge on any atom is 0.0925 e. The Morgan fingerprint density at radius 3 is 2.33 bits per heavy atom. The Labute approximate surface area is 94.3 Å². The topological polar surface area (TPSA) is 17.8 Å². The van der Waals surface area contributed by atoms with E-state index in [1.807, 2.05) is 11.7 Å². The van der Waals surface area contributed by atoms with E-state index in [0.717, 1.165) is 5.69 Å². The quantitative estimate of drug-likeness (QED) is 0.721. The van der Waals surface area contributed by atoms with E-state index in [1.165, 1.54) is 16.2 Å². The molecule has 0 saturated carbocycles. The fourth-order valence-corrected chi connectivity index (χ4v) is 1.87. The Balaban J connectivity index is 2.37. The highest BCUT2D eigenvalue weighted by Crippen LogP contribution is 2.22. The molecule has 0 N–H and O–H groups in total. The summed E-state index contributed by atoms with van der Waals surface area (Å²) in [6, 6.07) is 10.6. The molecule has 1 aromatic carbocycles. The molecule has 0 fully saturated rings. The van der Waals surface area contributed by atoms with Crippen molar-refractivity contribution >= 4 is 11.8 Å². The second kappa shape index (κ2) is 4.11. The molecule has 3 heteroatoms. The van der Waals surface area contributed by atoms with Crippen molar-refractivity contribution in [1.82, 2.24) is 9.78 Å². The lowest BCUT2D eigenvalue weighted by Crippen LogP contribution is -1.92. The maximum absolute atomic E-state index is 4.45. The number of thioether (sulfide) groups is 1. The Kier molecular flexibility index (Phi) is 2.82. The Bertz CT molecular complexity index is 437. The predicted octanol–water partition coefficient (Wildman–Crippen LogP) is 3.12. The molecule has 0 unspecified atom stereocenters. The highest BCUT2D eigenvalue weighted by molar-refractivity contribution is 7.98. The zero-order valence-electron chi connectivity index (χ0n) is 9.19. The molecule has 15 heavy (non-hydrogen) atoms. The van der Waals surface area contributed by atoms with E-state index in [4.69, 9.17) is 0 Å². The van der Waals surface area contributed by atoms with Crippen LogP contribution in [0.4, 0.5) is 0 Å².